The second kappa shape index (κ2) is 8.21. The number of fused-ring (bicyclic) bond motifs is 1. The number of benzene rings is 2. The fourth-order valence-corrected chi connectivity index (χ4v) is 5.83. The summed E-state index contributed by atoms with van der Waals surface area (Å²) in [5, 5.41) is 9.66. The summed E-state index contributed by atoms with van der Waals surface area (Å²) < 4.78 is 58.3. The van der Waals surface area contributed by atoms with Gasteiger partial charge in [0.15, 0.2) is 5.82 Å². The van der Waals surface area contributed by atoms with Gasteiger partial charge < -0.3 is 5.11 Å². The molecule has 1 fully saturated rings. The molecule has 2 aromatic carbocycles. The first-order valence-corrected chi connectivity index (χ1v) is 12.2. The molecule has 0 spiro atoms. The predicted octanol–water partition coefficient (Wildman–Crippen LogP) is 4.07. The van der Waals surface area contributed by atoms with Gasteiger partial charge in [0, 0.05) is 33.2 Å². The van der Waals surface area contributed by atoms with Crippen molar-refractivity contribution in [3.8, 4) is 0 Å². The lowest BCUT2D eigenvalue weighted by molar-refractivity contribution is 0.283. The second-order valence-corrected chi connectivity index (χ2v) is 11.1. The first kappa shape index (κ1) is 22.3. The summed E-state index contributed by atoms with van der Waals surface area (Å²) in [7, 11) is -3.91. The molecule has 3 aromatic rings. The molecule has 0 amide bonds. The Morgan fingerprint density at radius 2 is 1.97 bits per heavy atom. The predicted molar refractivity (Wildman–Crippen MR) is 122 cm³/mol. The van der Waals surface area contributed by atoms with E-state index in [1.807, 2.05) is 22.6 Å². The quantitative estimate of drug-likeness (QED) is 0.426. The van der Waals surface area contributed by atoms with Crippen molar-refractivity contribution < 1.29 is 22.3 Å². The van der Waals surface area contributed by atoms with Crippen molar-refractivity contribution in [1.82, 2.24) is 9.97 Å². The Kier molecular flexibility index (Phi) is 5.90. The van der Waals surface area contributed by atoms with Gasteiger partial charge in [0.05, 0.1) is 10.4 Å². The van der Waals surface area contributed by atoms with Crippen LogP contribution in [-0.4, -0.2) is 34.8 Å². The molecule has 0 bridgehead atoms. The van der Waals surface area contributed by atoms with Gasteiger partial charge in [0.2, 0.25) is 10.0 Å². The van der Waals surface area contributed by atoms with Gasteiger partial charge >= 0.3 is 0 Å². The summed E-state index contributed by atoms with van der Waals surface area (Å²) in [5.74, 6) is -1.22. The molecule has 31 heavy (non-hydrogen) atoms. The van der Waals surface area contributed by atoms with Gasteiger partial charge in [0.1, 0.15) is 17.7 Å². The van der Waals surface area contributed by atoms with Crippen molar-refractivity contribution in [3.05, 3.63) is 62.6 Å². The first-order valence-electron chi connectivity index (χ1n) is 9.67. The molecule has 0 radical (unpaired) electrons. The third kappa shape index (κ3) is 4.12. The third-order valence-corrected chi connectivity index (χ3v) is 8.65. The van der Waals surface area contributed by atoms with Crippen LogP contribution in [0.5, 0.6) is 0 Å². The van der Waals surface area contributed by atoms with E-state index in [9.17, 15) is 17.9 Å². The highest BCUT2D eigenvalue weighted by atomic mass is 127. The zero-order valence-corrected chi connectivity index (χ0v) is 19.6. The number of aliphatic hydroxyl groups is 1. The molecule has 1 aromatic heterocycles. The summed E-state index contributed by atoms with van der Waals surface area (Å²) in [4.78, 5) is 8.08. The maximum atomic E-state index is 15.6. The van der Waals surface area contributed by atoms with Crippen molar-refractivity contribution in [2.75, 3.05) is 11.3 Å². The smallest absolute Gasteiger partial charge is 0.238 e. The number of hydrogen-bond donors (Lipinski definition) is 2. The standard InChI is InChI=1S/C21H20F2IN3O3S/c1-12-15-10-18(27-31(29,30)21(4-5-21)6-7-28)16(19(23)20(15)26-11-25-12)8-13-2-3-14(24)9-17(13)22/h2-3,9-11,27-28H,4-8H2,1H3. The van der Waals surface area contributed by atoms with Crippen LogP contribution in [0.1, 0.15) is 36.1 Å². The van der Waals surface area contributed by atoms with E-state index < -0.39 is 26.4 Å². The number of sulfonamides is 1. The number of rotatable bonds is 7. The van der Waals surface area contributed by atoms with E-state index >= 15 is 4.39 Å². The van der Waals surface area contributed by atoms with Gasteiger partial charge in [-0.1, -0.05) is 6.07 Å². The number of halogens is 3. The molecule has 4 rings (SSSR count). The summed E-state index contributed by atoms with van der Waals surface area (Å²) in [5.41, 5.74) is 0.821. The van der Waals surface area contributed by atoms with E-state index in [0.717, 1.165) is 0 Å². The van der Waals surface area contributed by atoms with Crippen LogP contribution in [0, 0.1) is 22.1 Å². The van der Waals surface area contributed by atoms with E-state index in [-0.39, 0.29) is 41.8 Å². The lowest BCUT2D eigenvalue weighted by atomic mass is 9.99. The fourth-order valence-electron chi connectivity index (χ4n) is 3.69. The molecule has 0 aliphatic heterocycles. The van der Waals surface area contributed by atoms with Crippen molar-refractivity contribution in [2.45, 2.75) is 37.4 Å². The van der Waals surface area contributed by atoms with Crippen LogP contribution in [0.4, 0.5) is 14.5 Å². The van der Waals surface area contributed by atoms with E-state index in [0.29, 0.717) is 27.5 Å². The number of aromatic nitrogens is 2. The van der Waals surface area contributed by atoms with E-state index in [1.165, 1.54) is 18.5 Å². The Morgan fingerprint density at radius 3 is 2.61 bits per heavy atom. The van der Waals surface area contributed by atoms with Crippen LogP contribution in [0.15, 0.2) is 30.6 Å². The normalized spacial score (nSPS) is 15.3. The van der Waals surface area contributed by atoms with Gasteiger partial charge in [-0.25, -0.2) is 27.2 Å². The molecule has 1 aliphatic carbocycles. The average molecular weight is 559 g/mol. The number of anilines is 1. The molecule has 6 nitrogen and oxygen atoms in total. The van der Waals surface area contributed by atoms with Crippen molar-refractivity contribution >= 4 is 49.2 Å². The molecule has 1 heterocycles. The Labute approximate surface area is 192 Å². The summed E-state index contributed by atoms with van der Waals surface area (Å²) >= 11 is 1.98. The van der Waals surface area contributed by atoms with Crippen LogP contribution < -0.4 is 4.72 Å². The molecule has 1 aliphatic rings. The number of aliphatic hydroxyl groups excluding tert-OH is 1. The van der Waals surface area contributed by atoms with Crippen molar-refractivity contribution in [3.63, 3.8) is 0 Å². The van der Waals surface area contributed by atoms with E-state index in [4.69, 9.17) is 0 Å². The van der Waals surface area contributed by atoms with Crippen LogP contribution in [0.25, 0.3) is 10.9 Å². The molecule has 0 unspecified atom stereocenters. The summed E-state index contributed by atoms with van der Waals surface area (Å²) in [6, 6.07) is 6.10. The molecule has 0 atom stereocenters. The van der Waals surface area contributed by atoms with Crippen molar-refractivity contribution in [1.29, 1.82) is 0 Å². The minimum Gasteiger partial charge on any atom is -0.396 e. The molecular formula is C21H20F2IN3O3S. The molecule has 164 valence electrons. The minimum atomic E-state index is -3.91. The Balaban J connectivity index is 1.86. The number of aryl methyl sites for hydroxylation is 1. The Hall–Kier alpha value is -1.92. The second-order valence-electron chi connectivity index (χ2n) is 7.75. The average Bonchev–Trinajstić information content (AvgIpc) is 3.49. The highest BCUT2D eigenvalue weighted by Crippen LogP contribution is 2.47. The van der Waals surface area contributed by atoms with Crippen LogP contribution in [-0.2, 0) is 16.4 Å². The number of nitrogens with one attached hydrogen (secondary N) is 1. The van der Waals surface area contributed by atoms with Gasteiger partial charge in [-0.2, -0.15) is 0 Å². The fraction of sp³-hybridized carbons (Fsp3) is 0.333. The summed E-state index contributed by atoms with van der Waals surface area (Å²) in [6.45, 7) is 1.41. The minimum absolute atomic E-state index is 0.00841. The van der Waals surface area contributed by atoms with Gasteiger partial charge in [0.25, 0.3) is 0 Å². The molecule has 10 heteroatoms. The van der Waals surface area contributed by atoms with Crippen LogP contribution in [0.2, 0.25) is 0 Å². The van der Waals surface area contributed by atoms with Crippen LogP contribution in [0.3, 0.4) is 0 Å². The highest BCUT2D eigenvalue weighted by Gasteiger charge is 2.54. The van der Waals surface area contributed by atoms with Gasteiger partial charge in [-0.15, -0.1) is 0 Å². The lowest BCUT2D eigenvalue weighted by Gasteiger charge is -2.20. The van der Waals surface area contributed by atoms with Gasteiger partial charge in [-0.3, -0.25) is 4.72 Å². The van der Waals surface area contributed by atoms with E-state index in [2.05, 4.69) is 14.7 Å². The van der Waals surface area contributed by atoms with Gasteiger partial charge in [-0.05, 0) is 72.5 Å². The van der Waals surface area contributed by atoms with E-state index in [1.54, 1.807) is 19.1 Å². The molecular weight excluding hydrogens is 539 g/mol. The third-order valence-electron chi connectivity index (χ3n) is 5.74. The highest BCUT2D eigenvalue weighted by molar-refractivity contribution is 14.1. The Morgan fingerprint density at radius 1 is 1.23 bits per heavy atom. The zero-order chi connectivity index (χ0) is 22.4. The maximum absolute atomic E-state index is 15.6. The molecule has 2 N–H and O–H groups in total. The van der Waals surface area contributed by atoms with Crippen molar-refractivity contribution in [2.24, 2.45) is 0 Å². The number of hydrogen-bond acceptors (Lipinski definition) is 5. The maximum Gasteiger partial charge on any atom is 0.238 e. The SMILES string of the molecule is Cc1ncnc2c(F)c(Cc3ccc(I)cc3F)c(NS(=O)(=O)C3(CCO)CC3)cc12. The Bertz CT molecular complexity index is 1280. The monoisotopic (exact) mass is 559 g/mol. The molecule has 1 saturated carbocycles. The lowest BCUT2D eigenvalue weighted by Crippen LogP contribution is -2.31. The number of nitrogens with zero attached hydrogens (tertiary/aromatic N) is 2. The molecule has 0 saturated heterocycles. The zero-order valence-electron chi connectivity index (χ0n) is 16.6. The topological polar surface area (TPSA) is 92.2 Å². The van der Waals surface area contributed by atoms with Crippen LogP contribution >= 0.6 is 22.6 Å². The summed E-state index contributed by atoms with van der Waals surface area (Å²) in [6.07, 6.45) is 2.02. The first-order chi connectivity index (χ1) is 14.7. The largest absolute Gasteiger partial charge is 0.396 e.